The number of alkyl halides is 1. The van der Waals surface area contributed by atoms with E-state index in [9.17, 15) is 0 Å². The van der Waals surface area contributed by atoms with E-state index in [-0.39, 0.29) is 5.38 Å². The molecule has 0 N–H and O–H groups in total. The number of pyridine rings is 1. The Morgan fingerprint density at radius 1 is 1.00 bits per heavy atom. The van der Waals surface area contributed by atoms with Crippen LogP contribution < -0.4 is 0 Å². The average molecular weight is 299 g/mol. The van der Waals surface area contributed by atoms with Crippen LogP contribution in [0.25, 0.3) is 16.9 Å². The summed E-state index contributed by atoms with van der Waals surface area (Å²) in [5.41, 5.74) is 5.40. The molecule has 3 heteroatoms. The number of halogens is 1. The van der Waals surface area contributed by atoms with Gasteiger partial charge >= 0.3 is 0 Å². The summed E-state index contributed by atoms with van der Waals surface area (Å²) in [5, 5.41) is -0.0952. The number of fused-ring (bicyclic) bond motifs is 1. The van der Waals surface area contributed by atoms with Gasteiger partial charge in [-0.15, -0.1) is 11.6 Å². The molecule has 0 aliphatic rings. The molecule has 0 saturated heterocycles. The van der Waals surface area contributed by atoms with E-state index in [4.69, 9.17) is 16.6 Å². The molecule has 0 amide bonds. The highest BCUT2D eigenvalue weighted by Gasteiger charge is 2.17. The third-order valence-electron chi connectivity index (χ3n) is 3.79. The van der Waals surface area contributed by atoms with Crippen molar-refractivity contribution in [3.05, 3.63) is 59.9 Å². The number of nitrogens with zero attached hydrogens (tertiary/aromatic N) is 2. The van der Waals surface area contributed by atoms with Crippen LogP contribution in [0.4, 0.5) is 0 Å². The van der Waals surface area contributed by atoms with E-state index < -0.39 is 0 Å². The Hall–Kier alpha value is -1.80. The Kier molecular flexibility index (Phi) is 3.73. The Bertz CT molecular complexity index is 754. The largest absolute Gasteiger partial charge is 0.302 e. The molecule has 21 heavy (non-hydrogen) atoms. The van der Waals surface area contributed by atoms with Crippen molar-refractivity contribution in [2.24, 2.45) is 0 Å². The minimum atomic E-state index is -0.0952. The van der Waals surface area contributed by atoms with Crippen molar-refractivity contribution in [2.75, 3.05) is 0 Å². The van der Waals surface area contributed by atoms with Crippen LogP contribution in [0.2, 0.25) is 0 Å². The van der Waals surface area contributed by atoms with E-state index in [0.717, 1.165) is 22.6 Å². The first-order valence-corrected chi connectivity index (χ1v) is 7.73. The number of hydrogen-bond donors (Lipinski definition) is 0. The lowest BCUT2D eigenvalue weighted by Gasteiger charge is -2.09. The summed E-state index contributed by atoms with van der Waals surface area (Å²) in [7, 11) is 0. The molecule has 0 saturated carbocycles. The van der Waals surface area contributed by atoms with E-state index in [2.05, 4.69) is 42.5 Å². The fourth-order valence-corrected chi connectivity index (χ4v) is 2.84. The van der Waals surface area contributed by atoms with Gasteiger partial charge in [0.1, 0.15) is 5.65 Å². The number of benzene rings is 1. The van der Waals surface area contributed by atoms with Crippen LogP contribution in [-0.2, 0) is 0 Å². The van der Waals surface area contributed by atoms with Gasteiger partial charge in [0.25, 0.3) is 0 Å². The molecule has 108 valence electrons. The highest BCUT2D eigenvalue weighted by molar-refractivity contribution is 6.20. The lowest BCUT2D eigenvalue weighted by atomic mass is 10.00. The fraction of sp³-hybridized carbons (Fsp3) is 0.278. The molecule has 3 aromatic rings. The van der Waals surface area contributed by atoms with Crippen LogP contribution in [-0.4, -0.2) is 9.38 Å². The van der Waals surface area contributed by atoms with Gasteiger partial charge in [-0.2, -0.15) is 0 Å². The standard InChI is InChI=1S/C18H19ClN2/c1-12(2)14-7-9-15(10-8-14)17-18(13(3)19)21-11-5-4-6-16(21)20-17/h4-13H,1-3H3. The van der Waals surface area contributed by atoms with E-state index >= 15 is 0 Å². The van der Waals surface area contributed by atoms with Crippen LogP contribution in [0.15, 0.2) is 48.7 Å². The molecule has 2 heterocycles. The number of hydrogen-bond acceptors (Lipinski definition) is 1. The van der Waals surface area contributed by atoms with Crippen LogP contribution >= 0.6 is 11.6 Å². The van der Waals surface area contributed by atoms with Gasteiger partial charge in [-0.25, -0.2) is 4.98 Å². The monoisotopic (exact) mass is 298 g/mol. The van der Waals surface area contributed by atoms with E-state index in [1.54, 1.807) is 0 Å². The minimum absolute atomic E-state index is 0.0952. The van der Waals surface area contributed by atoms with Gasteiger partial charge in [0.2, 0.25) is 0 Å². The number of rotatable bonds is 3. The molecule has 0 radical (unpaired) electrons. The van der Waals surface area contributed by atoms with Crippen molar-refractivity contribution in [1.29, 1.82) is 0 Å². The highest BCUT2D eigenvalue weighted by Crippen LogP contribution is 2.32. The summed E-state index contributed by atoms with van der Waals surface area (Å²) in [6, 6.07) is 14.6. The Morgan fingerprint density at radius 3 is 2.33 bits per heavy atom. The Labute approximate surface area is 130 Å². The molecule has 1 atom stereocenters. The van der Waals surface area contributed by atoms with Crippen molar-refractivity contribution in [2.45, 2.75) is 32.1 Å². The smallest absolute Gasteiger partial charge is 0.137 e. The zero-order chi connectivity index (χ0) is 15.0. The minimum Gasteiger partial charge on any atom is -0.302 e. The molecule has 0 bridgehead atoms. The van der Waals surface area contributed by atoms with Crippen molar-refractivity contribution >= 4 is 17.2 Å². The second kappa shape index (κ2) is 5.53. The topological polar surface area (TPSA) is 17.3 Å². The first kappa shape index (κ1) is 14.2. The van der Waals surface area contributed by atoms with Gasteiger partial charge in [-0.05, 0) is 30.5 Å². The summed E-state index contributed by atoms with van der Waals surface area (Å²) >= 11 is 6.40. The van der Waals surface area contributed by atoms with E-state index in [0.29, 0.717) is 5.92 Å². The molecular weight excluding hydrogens is 280 g/mol. The maximum atomic E-state index is 6.40. The van der Waals surface area contributed by atoms with Gasteiger partial charge in [0, 0.05) is 11.8 Å². The van der Waals surface area contributed by atoms with Crippen LogP contribution in [0.1, 0.15) is 43.3 Å². The van der Waals surface area contributed by atoms with E-state index in [1.165, 1.54) is 5.56 Å². The predicted octanol–water partition coefficient (Wildman–Crippen LogP) is 5.42. The van der Waals surface area contributed by atoms with Crippen LogP contribution in [0.3, 0.4) is 0 Å². The first-order chi connectivity index (χ1) is 10.1. The summed E-state index contributed by atoms with van der Waals surface area (Å²) in [6.45, 7) is 6.39. The fourth-order valence-electron chi connectivity index (χ4n) is 2.63. The lowest BCUT2D eigenvalue weighted by Crippen LogP contribution is -1.95. The maximum absolute atomic E-state index is 6.40. The second-order valence-electron chi connectivity index (χ2n) is 5.67. The van der Waals surface area contributed by atoms with E-state index in [1.807, 2.05) is 31.3 Å². The SMILES string of the molecule is CC(C)c1ccc(-c2nc3ccccn3c2C(C)Cl)cc1. The van der Waals surface area contributed by atoms with Crippen molar-refractivity contribution in [1.82, 2.24) is 9.38 Å². The average Bonchev–Trinajstić information content (AvgIpc) is 2.86. The normalized spacial score (nSPS) is 13.0. The van der Waals surface area contributed by atoms with Gasteiger partial charge in [0.15, 0.2) is 0 Å². The highest BCUT2D eigenvalue weighted by atomic mass is 35.5. The van der Waals surface area contributed by atoms with Crippen molar-refractivity contribution < 1.29 is 0 Å². The van der Waals surface area contributed by atoms with Crippen LogP contribution in [0, 0.1) is 0 Å². The van der Waals surface area contributed by atoms with Gasteiger partial charge in [0.05, 0.1) is 16.8 Å². The Morgan fingerprint density at radius 2 is 1.71 bits per heavy atom. The van der Waals surface area contributed by atoms with Crippen molar-refractivity contribution in [3.8, 4) is 11.3 Å². The molecule has 2 nitrogen and oxygen atoms in total. The van der Waals surface area contributed by atoms with Gasteiger partial charge in [-0.3, -0.25) is 0 Å². The summed E-state index contributed by atoms with van der Waals surface area (Å²) < 4.78 is 2.07. The molecule has 0 aliphatic carbocycles. The molecule has 1 aromatic carbocycles. The summed E-state index contributed by atoms with van der Waals surface area (Å²) in [4.78, 5) is 4.76. The molecule has 1 unspecified atom stereocenters. The predicted molar refractivity (Wildman–Crippen MR) is 89.0 cm³/mol. The number of aromatic nitrogens is 2. The molecule has 0 aliphatic heterocycles. The lowest BCUT2D eigenvalue weighted by molar-refractivity contribution is 0.867. The maximum Gasteiger partial charge on any atom is 0.137 e. The third-order valence-corrected chi connectivity index (χ3v) is 4.00. The van der Waals surface area contributed by atoms with Gasteiger partial charge in [-0.1, -0.05) is 44.2 Å². The molecule has 0 fully saturated rings. The molecule has 2 aromatic heterocycles. The molecular formula is C18H19ClN2. The van der Waals surface area contributed by atoms with Gasteiger partial charge < -0.3 is 4.40 Å². The second-order valence-corrected chi connectivity index (χ2v) is 6.32. The summed E-state index contributed by atoms with van der Waals surface area (Å²) in [5.74, 6) is 0.534. The third kappa shape index (κ3) is 2.56. The van der Waals surface area contributed by atoms with Crippen LogP contribution in [0.5, 0.6) is 0 Å². The zero-order valence-corrected chi connectivity index (χ0v) is 13.3. The summed E-state index contributed by atoms with van der Waals surface area (Å²) in [6.07, 6.45) is 2.02. The molecule has 0 spiro atoms. The first-order valence-electron chi connectivity index (χ1n) is 7.29. The zero-order valence-electron chi connectivity index (χ0n) is 12.5. The number of imidazole rings is 1. The Balaban J connectivity index is 2.17. The molecule has 3 rings (SSSR count). The van der Waals surface area contributed by atoms with Crippen molar-refractivity contribution in [3.63, 3.8) is 0 Å². The quantitative estimate of drug-likeness (QED) is 0.590.